The largest absolute Gasteiger partial charge is 0.459 e. The van der Waals surface area contributed by atoms with Gasteiger partial charge < -0.3 is 19.3 Å². The number of furan rings is 1. The average Bonchev–Trinajstić information content (AvgIpc) is 3.18. The van der Waals surface area contributed by atoms with Gasteiger partial charge in [-0.3, -0.25) is 0 Å². The summed E-state index contributed by atoms with van der Waals surface area (Å²) in [5, 5.41) is 13.1. The predicted octanol–water partition coefficient (Wildman–Crippen LogP) is 2.64. The summed E-state index contributed by atoms with van der Waals surface area (Å²) in [7, 11) is 0. The Kier molecular flexibility index (Phi) is 3.63. The first-order valence-electron chi connectivity index (χ1n) is 7.08. The number of rotatable bonds is 5. The Morgan fingerprint density at radius 2 is 2.20 bits per heavy atom. The molecule has 5 nitrogen and oxygen atoms in total. The lowest BCUT2D eigenvalue weighted by molar-refractivity contribution is 0.162. The third-order valence-electron chi connectivity index (χ3n) is 4.12. The number of oxazole rings is 1. The van der Waals surface area contributed by atoms with E-state index in [-0.39, 0.29) is 12.1 Å². The number of aryl methyl sites for hydroxylation is 1. The van der Waals surface area contributed by atoms with E-state index in [2.05, 4.69) is 10.3 Å². The second-order valence-electron chi connectivity index (χ2n) is 5.50. The summed E-state index contributed by atoms with van der Waals surface area (Å²) < 4.78 is 10.9. The number of aliphatic hydroxyl groups excluding tert-OH is 1. The Bertz CT molecular complexity index is 554. The van der Waals surface area contributed by atoms with Crippen LogP contribution in [-0.2, 0) is 6.54 Å². The van der Waals surface area contributed by atoms with Crippen LogP contribution in [0.4, 0.5) is 0 Å². The highest BCUT2D eigenvalue weighted by molar-refractivity contribution is 5.44. The Morgan fingerprint density at radius 1 is 1.40 bits per heavy atom. The number of nitrogens with zero attached hydrogens (tertiary/aromatic N) is 1. The summed E-state index contributed by atoms with van der Waals surface area (Å²) in [6.45, 7) is 2.68. The van der Waals surface area contributed by atoms with E-state index in [1.54, 1.807) is 6.26 Å². The Balaban J connectivity index is 1.72. The molecule has 0 aromatic carbocycles. The fraction of sp³-hybridized carbons (Fsp3) is 0.533. The predicted molar refractivity (Wildman–Crippen MR) is 74.1 cm³/mol. The third kappa shape index (κ3) is 2.51. The number of aliphatic hydroxyl groups is 1. The van der Waals surface area contributed by atoms with Crippen LogP contribution in [0.2, 0.25) is 0 Å². The molecule has 0 atom stereocenters. The molecule has 20 heavy (non-hydrogen) atoms. The molecule has 2 heterocycles. The first-order valence-corrected chi connectivity index (χ1v) is 7.08. The van der Waals surface area contributed by atoms with Gasteiger partial charge in [0.25, 0.3) is 5.89 Å². The van der Waals surface area contributed by atoms with Gasteiger partial charge in [0, 0.05) is 12.1 Å². The number of nitrogens with one attached hydrogen (secondary N) is 1. The van der Waals surface area contributed by atoms with Crippen LogP contribution in [-0.4, -0.2) is 22.2 Å². The molecule has 1 aliphatic carbocycles. The van der Waals surface area contributed by atoms with Crippen molar-refractivity contribution >= 4 is 0 Å². The quantitative estimate of drug-likeness (QED) is 0.878. The van der Waals surface area contributed by atoms with Crippen LogP contribution in [0.3, 0.4) is 0 Å². The van der Waals surface area contributed by atoms with Gasteiger partial charge in [0.2, 0.25) is 0 Å². The molecule has 0 radical (unpaired) electrons. The molecule has 0 bridgehead atoms. The molecule has 0 spiro atoms. The Labute approximate surface area is 118 Å². The fourth-order valence-corrected chi connectivity index (χ4v) is 2.81. The lowest BCUT2D eigenvalue weighted by atomic mass is 9.99. The molecular formula is C15H20N2O3. The molecule has 0 unspecified atom stereocenters. The summed E-state index contributed by atoms with van der Waals surface area (Å²) in [5.41, 5.74) is 0.729. The van der Waals surface area contributed by atoms with Gasteiger partial charge in [-0.05, 0) is 31.9 Å². The van der Waals surface area contributed by atoms with E-state index in [1.165, 1.54) is 12.8 Å². The zero-order chi connectivity index (χ0) is 14.0. The molecule has 3 rings (SSSR count). The van der Waals surface area contributed by atoms with Crippen LogP contribution in [0.25, 0.3) is 11.7 Å². The van der Waals surface area contributed by atoms with Crippen molar-refractivity contribution in [2.75, 3.05) is 6.61 Å². The average molecular weight is 276 g/mol. The van der Waals surface area contributed by atoms with E-state index in [1.807, 2.05) is 19.1 Å². The van der Waals surface area contributed by atoms with Gasteiger partial charge in [-0.1, -0.05) is 12.8 Å². The molecule has 5 heteroatoms. The minimum absolute atomic E-state index is 0.143. The van der Waals surface area contributed by atoms with E-state index in [0.717, 1.165) is 24.3 Å². The van der Waals surface area contributed by atoms with Gasteiger partial charge >= 0.3 is 0 Å². The molecular weight excluding hydrogens is 256 g/mol. The van der Waals surface area contributed by atoms with Crippen LogP contribution in [0, 0.1) is 6.92 Å². The standard InChI is InChI=1S/C15H20N2O3/c1-11-12(9-16-15(10-18)6-2-3-7-15)17-14(20-11)13-5-4-8-19-13/h4-5,8,16,18H,2-3,6-7,9-10H2,1H3. The molecule has 0 amide bonds. The van der Waals surface area contributed by atoms with Gasteiger partial charge in [0.1, 0.15) is 5.76 Å². The highest BCUT2D eigenvalue weighted by atomic mass is 16.4. The summed E-state index contributed by atoms with van der Waals surface area (Å²) in [6, 6.07) is 3.64. The highest BCUT2D eigenvalue weighted by Gasteiger charge is 2.32. The van der Waals surface area contributed by atoms with Crippen LogP contribution in [0.1, 0.15) is 37.1 Å². The number of aromatic nitrogens is 1. The molecule has 1 aliphatic rings. The first kappa shape index (κ1) is 13.4. The zero-order valence-corrected chi connectivity index (χ0v) is 11.7. The fourth-order valence-electron chi connectivity index (χ4n) is 2.81. The van der Waals surface area contributed by atoms with Crippen molar-refractivity contribution in [3.8, 4) is 11.7 Å². The van der Waals surface area contributed by atoms with Crippen molar-refractivity contribution in [1.82, 2.24) is 10.3 Å². The molecule has 1 fully saturated rings. The molecule has 108 valence electrons. The Hall–Kier alpha value is -1.59. The molecule has 1 saturated carbocycles. The van der Waals surface area contributed by atoms with Crippen molar-refractivity contribution in [3.05, 3.63) is 29.9 Å². The molecule has 2 aromatic rings. The van der Waals surface area contributed by atoms with E-state index < -0.39 is 0 Å². The molecule has 2 N–H and O–H groups in total. The first-order chi connectivity index (χ1) is 9.72. The van der Waals surface area contributed by atoms with E-state index in [0.29, 0.717) is 18.2 Å². The van der Waals surface area contributed by atoms with Crippen molar-refractivity contribution in [2.45, 2.75) is 44.7 Å². The number of hydrogen-bond acceptors (Lipinski definition) is 5. The second kappa shape index (κ2) is 5.42. The van der Waals surface area contributed by atoms with Crippen molar-refractivity contribution in [3.63, 3.8) is 0 Å². The van der Waals surface area contributed by atoms with E-state index >= 15 is 0 Å². The Morgan fingerprint density at radius 3 is 2.85 bits per heavy atom. The van der Waals surface area contributed by atoms with Gasteiger partial charge in [-0.25, -0.2) is 4.98 Å². The smallest absolute Gasteiger partial charge is 0.263 e. The monoisotopic (exact) mass is 276 g/mol. The summed E-state index contributed by atoms with van der Waals surface area (Å²) in [5.74, 6) is 1.93. The second-order valence-corrected chi connectivity index (χ2v) is 5.50. The maximum atomic E-state index is 9.60. The van der Waals surface area contributed by atoms with Crippen LogP contribution in [0.15, 0.2) is 27.2 Å². The molecule has 0 saturated heterocycles. The van der Waals surface area contributed by atoms with Gasteiger partial charge in [0.15, 0.2) is 5.76 Å². The lowest BCUT2D eigenvalue weighted by Crippen LogP contribution is -2.45. The van der Waals surface area contributed by atoms with Crippen LogP contribution >= 0.6 is 0 Å². The van der Waals surface area contributed by atoms with Crippen molar-refractivity contribution in [2.24, 2.45) is 0 Å². The summed E-state index contributed by atoms with van der Waals surface area (Å²) in [6.07, 6.45) is 5.98. The minimum Gasteiger partial charge on any atom is -0.459 e. The maximum absolute atomic E-state index is 9.60. The minimum atomic E-state index is -0.143. The molecule has 2 aromatic heterocycles. The lowest BCUT2D eigenvalue weighted by Gasteiger charge is -2.27. The van der Waals surface area contributed by atoms with Crippen molar-refractivity contribution in [1.29, 1.82) is 0 Å². The third-order valence-corrected chi connectivity index (χ3v) is 4.12. The number of hydrogen-bond donors (Lipinski definition) is 2. The van der Waals surface area contributed by atoms with Crippen molar-refractivity contribution < 1.29 is 13.9 Å². The maximum Gasteiger partial charge on any atom is 0.263 e. The van der Waals surface area contributed by atoms with Gasteiger partial charge in [-0.2, -0.15) is 0 Å². The summed E-state index contributed by atoms with van der Waals surface area (Å²) >= 11 is 0. The van der Waals surface area contributed by atoms with Crippen LogP contribution < -0.4 is 5.32 Å². The van der Waals surface area contributed by atoms with Crippen LogP contribution in [0.5, 0.6) is 0 Å². The topological polar surface area (TPSA) is 71.4 Å². The summed E-state index contributed by atoms with van der Waals surface area (Å²) in [4.78, 5) is 4.47. The van der Waals surface area contributed by atoms with Gasteiger partial charge in [0.05, 0.1) is 18.6 Å². The van der Waals surface area contributed by atoms with E-state index in [4.69, 9.17) is 8.83 Å². The SMILES string of the molecule is Cc1oc(-c2ccco2)nc1CNC1(CO)CCCC1. The van der Waals surface area contributed by atoms with Gasteiger partial charge in [-0.15, -0.1) is 0 Å². The zero-order valence-electron chi connectivity index (χ0n) is 11.7. The molecule has 0 aliphatic heterocycles. The highest BCUT2D eigenvalue weighted by Crippen LogP contribution is 2.30. The normalized spacial score (nSPS) is 17.7. The van der Waals surface area contributed by atoms with E-state index in [9.17, 15) is 5.11 Å².